The van der Waals surface area contributed by atoms with Gasteiger partial charge in [-0.25, -0.2) is 12.8 Å². The molecule has 9 nitrogen and oxygen atoms in total. The molecule has 0 aliphatic heterocycles. The highest BCUT2D eigenvalue weighted by Gasteiger charge is 2.32. The zero-order chi connectivity index (χ0) is 29.3. The van der Waals surface area contributed by atoms with Gasteiger partial charge < -0.3 is 19.7 Å². The molecule has 2 amide bonds. The van der Waals surface area contributed by atoms with Gasteiger partial charge in [-0.15, -0.1) is 0 Å². The summed E-state index contributed by atoms with van der Waals surface area (Å²) in [6.07, 6.45) is 0.712. The lowest BCUT2D eigenvalue weighted by molar-refractivity contribution is -0.139. The molecule has 3 rings (SSSR count). The minimum Gasteiger partial charge on any atom is -0.497 e. The highest BCUT2D eigenvalue weighted by molar-refractivity contribution is 7.92. The molecule has 214 valence electrons. The summed E-state index contributed by atoms with van der Waals surface area (Å²) in [5, 5.41) is 2.79. The number of ether oxygens (including phenoxy) is 2. The van der Waals surface area contributed by atoms with Crippen molar-refractivity contribution in [2.24, 2.45) is 0 Å². The number of nitrogens with zero attached hydrogens (tertiary/aromatic N) is 2. The Morgan fingerprint density at radius 2 is 1.45 bits per heavy atom. The normalized spacial score (nSPS) is 11.8. The Bertz CT molecular complexity index is 1380. The van der Waals surface area contributed by atoms with Crippen LogP contribution >= 0.6 is 0 Å². The van der Waals surface area contributed by atoms with Gasteiger partial charge in [0.05, 0.1) is 24.8 Å². The van der Waals surface area contributed by atoms with Crippen LogP contribution in [0.25, 0.3) is 0 Å². The van der Waals surface area contributed by atoms with E-state index in [9.17, 15) is 22.4 Å². The van der Waals surface area contributed by atoms with Gasteiger partial charge in [0.2, 0.25) is 11.8 Å². The molecule has 0 aliphatic carbocycles. The fourth-order valence-corrected chi connectivity index (χ4v) is 5.33. The van der Waals surface area contributed by atoms with Crippen LogP contribution in [0.4, 0.5) is 10.1 Å². The highest BCUT2D eigenvalue weighted by atomic mass is 32.2. The Morgan fingerprint density at radius 1 is 0.900 bits per heavy atom. The van der Waals surface area contributed by atoms with Crippen LogP contribution in [-0.2, 0) is 26.2 Å². The van der Waals surface area contributed by atoms with Crippen molar-refractivity contribution in [3.63, 3.8) is 0 Å². The quantitative estimate of drug-likeness (QED) is 0.333. The summed E-state index contributed by atoms with van der Waals surface area (Å²) in [6, 6.07) is 16.6. The van der Waals surface area contributed by atoms with Gasteiger partial charge in [-0.1, -0.05) is 19.1 Å². The number of halogens is 1. The minimum atomic E-state index is -4.27. The first kappa shape index (κ1) is 30.4. The zero-order valence-electron chi connectivity index (χ0n) is 23.0. The topological polar surface area (TPSA) is 105 Å². The molecule has 0 saturated carbocycles. The van der Waals surface area contributed by atoms with Gasteiger partial charge in [0.1, 0.15) is 29.9 Å². The maximum Gasteiger partial charge on any atom is 0.264 e. The average Bonchev–Trinajstić information content (AvgIpc) is 2.97. The Labute approximate surface area is 234 Å². The third-order valence-electron chi connectivity index (χ3n) is 6.27. The van der Waals surface area contributed by atoms with Crippen LogP contribution in [0.15, 0.2) is 77.7 Å². The van der Waals surface area contributed by atoms with Crippen LogP contribution in [0, 0.1) is 5.82 Å². The van der Waals surface area contributed by atoms with Gasteiger partial charge >= 0.3 is 0 Å². The fourth-order valence-electron chi connectivity index (χ4n) is 3.92. The molecule has 1 N–H and O–H groups in total. The zero-order valence-corrected chi connectivity index (χ0v) is 23.8. The lowest BCUT2D eigenvalue weighted by Gasteiger charge is -2.32. The molecule has 3 aromatic carbocycles. The van der Waals surface area contributed by atoms with Gasteiger partial charge in [0.25, 0.3) is 10.0 Å². The maximum absolute atomic E-state index is 13.8. The molecule has 0 aliphatic rings. The Hall–Kier alpha value is -4.12. The summed E-state index contributed by atoms with van der Waals surface area (Å²) in [5.41, 5.74) is 0.814. The number of nitrogens with one attached hydrogen (secondary N) is 1. The number of benzene rings is 3. The molecule has 0 unspecified atom stereocenters. The Kier molecular flexibility index (Phi) is 10.5. The van der Waals surface area contributed by atoms with Crippen molar-refractivity contribution in [1.29, 1.82) is 0 Å². The first-order valence-corrected chi connectivity index (χ1v) is 14.2. The summed E-state index contributed by atoms with van der Waals surface area (Å²) in [6.45, 7) is 3.36. The average molecular weight is 572 g/mol. The summed E-state index contributed by atoms with van der Waals surface area (Å²) < 4.78 is 52.5. The van der Waals surface area contributed by atoms with Crippen molar-refractivity contribution in [2.75, 3.05) is 31.6 Å². The molecule has 3 aromatic rings. The van der Waals surface area contributed by atoms with Crippen molar-refractivity contribution in [1.82, 2.24) is 10.2 Å². The molecule has 40 heavy (non-hydrogen) atoms. The standard InChI is InChI=1S/C29H34FN3O6S/c1-5-18-31-29(35)21(2)32(19-22-6-12-25(38-3)13-7-22)28(34)20-33(24-10-8-23(30)9-11-24)40(36,37)27-16-14-26(39-4)15-17-27/h6-17,21H,5,18-20H2,1-4H3,(H,31,35)/t21-/m1/s1. The maximum atomic E-state index is 13.8. The van der Waals surface area contributed by atoms with Gasteiger partial charge in [-0.05, 0) is 79.6 Å². The second-order valence-corrected chi connectivity index (χ2v) is 10.9. The minimum absolute atomic E-state index is 0.0450. The second kappa shape index (κ2) is 13.8. The molecule has 0 heterocycles. The predicted octanol–water partition coefficient (Wildman–Crippen LogP) is 3.98. The van der Waals surface area contributed by atoms with E-state index in [0.29, 0.717) is 24.5 Å². The van der Waals surface area contributed by atoms with Crippen LogP contribution in [0.5, 0.6) is 11.5 Å². The summed E-state index contributed by atoms with van der Waals surface area (Å²) in [7, 11) is -1.27. The number of rotatable bonds is 13. The van der Waals surface area contributed by atoms with E-state index < -0.39 is 34.3 Å². The van der Waals surface area contributed by atoms with E-state index in [1.54, 1.807) is 31.2 Å². The summed E-state index contributed by atoms with van der Waals surface area (Å²) in [5.74, 6) is -0.449. The molecular weight excluding hydrogens is 537 g/mol. The van der Waals surface area contributed by atoms with Gasteiger partial charge in [0, 0.05) is 13.1 Å². The molecule has 0 aromatic heterocycles. The van der Waals surface area contributed by atoms with E-state index in [4.69, 9.17) is 9.47 Å². The summed E-state index contributed by atoms with van der Waals surface area (Å²) in [4.78, 5) is 28.0. The van der Waals surface area contributed by atoms with Crippen LogP contribution < -0.4 is 19.1 Å². The van der Waals surface area contributed by atoms with E-state index in [0.717, 1.165) is 22.0 Å². The molecule has 1 atom stereocenters. The van der Waals surface area contributed by atoms with E-state index in [1.165, 1.54) is 55.5 Å². The molecule has 0 saturated heterocycles. The Morgan fingerprint density at radius 3 is 1.98 bits per heavy atom. The molecule has 0 bridgehead atoms. The van der Waals surface area contributed by atoms with Crippen molar-refractivity contribution < 1.29 is 31.9 Å². The van der Waals surface area contributed by atoms with Gasteiger partial charge in [-0.3, -0.25) is 13.9 Å². The monoisotopic (exact) mass is 571 g/mol. The number of amides is 2. The molecule has 0 radical (unpaired) electrons. The first-order valence-electron chi connectivity index (χ1n) is 12.7. The lowest BCUT2D eigenvalue weighted by Crippen LogP contribution is -2.51. The van der Waals surface area contributed by atoms with Crippen molar-refractivity contribution >= 4 is 27.5 Å². The van der Waals surface area contributed by atoms with Crippen molar-refractivity contribution in [3.05, 3.63) is 84.2 Å². The Balaban J connectivity index is 2.00. The third-order valence-corrected chi connectivity index (χ3v) is 8.06. The lowest BCUT2D eigenvalue weighted by atomic mass is 10.1. The van der Waals surface area contributed by atoms with Gasteiger partial charge in [-0.2, -0.15) is 0 Å². The van der Waals surface area contributed by atoms with E-state index >= 15 is 0 Å². The number of anilines is 1. The molecule has 0 fully saturated rings. The van der Waals surface area contributed by atoms with E-state index in [2.05, 4.69) is 5.32 Å². The molecular formula is C29H34FN3O6S. The van der Waals surface area contributed by atoms with Crippen LogP contribution in [-0.4, -0.2) is 58.5 Å². The second-order valence-electron chi connectivity index (χ2n) is 9.00. The number of hydrogen-bond acceptors (Lipinski definition) is 6. The number of methoxy groups -OCH3 is 2. The number of sulfonamides is 1. The molecule has 0 spiro atoms. The van der Waals surface area contributed by atoms with Crippen LogP contribution in [0.2, 0.25) is 0 Å². The van der Waals surface area contributed by atoms with Gasteiger partial charge in [0.15, 0.2) is 0 Å². The predicted molar refractivity (Wildman–Crippen MR) is 150 cm³/mol. The summed E-state index contributed by atoms with van der Waals surface area (Å²) >= 11 is 0. The largest absolute Gasteiger partial charge is 0.497 e. The van der Waals surface area contributed by atoms with Crippen LogP contribution in [0.3, 0.4) is 0 Å². The van der Waals surface area contributed by atoms with Crippen LogP contribution in [0.1, 0.15) is 25.8 Å². The fraction of sp³-hybridized carbons (Fsp3) is 0.310. The molecule has 11 heteroatoms. The van der Waals surface area contributed by atoms with Crippen molar-refractivity contribution in [3.8, 4) is 11.5 Å². The SMILES string of the molecule is CCCNC(=O)[C@@H](C)N(Cc1ccc(OC)cc1)C(=O)CN(c1ccc(F)cc1)S(=O)(=O)c1ccc(OC)cc1. The number of carbonyl (C=O) groups excluding carboxylic acids is 2. The first-order chi connectivity index (χ1) is 19.1. The number of hydrogen-bond donors (Lipinski definition) is 1. The smallest absolute Gasteiger partial charge is 0.264 e. The van der Waals surface area contributed by atoms with E-state index in [1.807, 2.05) is 6.92 Å². The number of carbonyl (C=O) groups is 2. The highest BCUT2D eigenvalue weighted by Crippen LogP contribution is 2.26. The van der Waals surface area contributed by atoms with E-state index in [-0.39, 0.29) is 23.0 Å². The third kappa shape index (κ3) is 7.50. The van der Waals surface area contributed by atoms with Crippen molar-refractivity contribution in [2.45, 2.75) is 37.8 Å².